The summed E-state index contributed by atoms with van der Waals surface area (Å²) in [5, 5.41) is 15.3. The van der Waals surface area contributed by atoms with Gasteiger partial charge in [0.05, 0.1) is 5.69 Å². The van der Waals surface area contributed by atoms with E-state index >= 15 is 0 Å². The lowest BCUT2D eigenvalue weighted by Crippen LogP contribution is -2.02. The quantitative estimate of drug-likeness (QED) is 0.753. The van der Waals surface area contributed by atoms with E-state index in [0.717, 1.165) is 29.7 Å². The number of aryl methyl sites for hydroxylation is 2. The molecule has 1 N–H and O–H groups in total. The van der Waals surface area contributed by atoms with Crippen molar-refractivity contribution in [1.82, 2.24) is 25.0 Å². The molecule has 0 amide bonds. The van der Waals surface area contributed by atoms with Gasteiger partial charge in [-0.05, 0) is 30.5 Å². The minimum Gasteiger partial charge on any atom is -0.408 e. The molecule has 0 aliphatic rings. The Bertz CT molecular complexity index is 734. The van der Waals surface area contributed by atoms with Gasteiger partial charge >= 0.3 is 6.01 Å². The van der Waals surface area contributed by atoms with E-state index in [1.165, 1.54) is 6.33 Å². The summed E-state index contributed by atoms with van der Waals surface area (Å²) in [6.45, 7) is 4.76. The molecule has 7 nitrogen and oxygen atoms in total. The molecule has 0 spiro atoms. The van der Waals surface area contributed by atoms with E-state index in [-0.39, 0.29) is 0 Å². The summed E-state index contributed by atoms with van der Waals surface area (Å²) in [7, 11) is 0. The summed E-state index contributed by atoms with van der Waals surface area (Å²) < 4.78 is 7.25. The standard InChI is InChI=1S/C15H18N6O/c1-3-4-14-19-20-15(22-14)17-8-12-5-6-13(11(2)7-12)21-10-16-9-18-21/h5-7,9-10H,3-4,8H2,1-2H3,(H,17,20). The van der Waals surface area contributed by atoms with Gasteiger partial charge in [0, 0.05) is 13.0 Å². The van der Waals surface area contributed by atoms with Gasteiger partial charge < -0.3 is 9.73 Å². The third kappa shape index (κ3) is 3.13. The molecule has 0 fully saturated rings. The molecule has 0 saturated carbocycles. The summed E-state index contributed by atoms with van der Waals surface area (Å²) in [4.78, 5) is 3.97. The molecule has 114 valence electrons. The molecule has 0 unspecified atom stereocenters. The normalized spacial score (nSPS) is 10.8. The Morgan fingerprint density at radius 1 is 1.27 bits per heavy atom. The Morgan fingerprint density at radius 3 is 2.91 bits per heavy atom. The van der Waals surface area contributed by atoms with Crippen molar-refractivity contribution in [3.05, 3.63) is 47.9 Å². The zero-order valence-electron chi connectivity index (χ0n) is 12.7. The Kier molecular flexibility index (Phi) is 4.13. The van der Waals surface area contributed by atoms with Gasteiger partial charge in [-0.1, -0.05) is 24.2 Å². The molecule has 3 aromatic rings. The third-order valence-electron chi connectivity index (χ3n) is 3.30. The van der Waals surface area contributed by atoms with E-state index in [2.05, 4.69) is 38.6 Å². The fourth-order valence-electron chi connectivity index (χ4n) is 2.23. The van der Waals surface area contributed by atoms with Crippen LogP contribution in [-0.2, 0) is 13.0 Å². The van der Waals surface area contributed by atoms with Gasteiger partial charge in [-0.2, -0.15) is 5.10 Å². The number of hydrogen-bond donors (Lipinski definition) is 1. The molecule has 2 aromatic heterocycles. The minimum atomic E-state index is 0.460. The van der Waals surface area contributed by atoms with E-state index in [9.17, 15) is 0 Å². The summed E-state index contributed by atoms with van der Waals surface area (Å²) in [6, 6.07) is 6.63. The number of hydrogen-bond acceptors (Lipinski definition) is 6. The van der Waals surface area contributed by atoms with E-state index in [0.29, 0.717) is 18.5 Å². The molecule has 0 aliphatic heterocycles. The predicted molar refractivity (Wildman–Crippen MR) is 81.7 cm³/mol. The second-order valence-electron chi connectivity index (χ2n) is 5.07. The highest BCUT2D eigenvalue weighted by molar-refractivity contribution is 5.42. The number of nitrogens with one attached hydrogen (secondary N) is 1. The lowest BCUT2D eigenvalue weighted by Gasteiger charge is -2.08. The molecule has 0 atom stereocenters. The van der Waals surface area contributed by atoms with Crippen LogP contribution in [0.15, 0.2) is 35.3 Å². The SMILES string of the molecule is CCCc1nnc(NCc2ccc(-n3cncn3)c(C)c2)o1. The first-order valence-electron chi connectivity index (χ1n) is 7.27. The largest absolute Gasteiger partial charge is 0.408 e. The Labute approximate surface area is 128 Å². The van der Waals surface area contributed by atoms with Gasteiger partial charge in [-0.25, -0.2) is 9.67 Å². The molecular weight excluding hydrogens is 280 g/mol. The summed E-state index contributed by atoms with van der Waals surface area (Å²) in [5.41, 5.74) is 3.28. The summed E-state index contributed by atoms with van der Waals surface area (Å²) in [5.74, 6) is 0.669. The maximum absolute atomic E-state index is 5.50. The summed E-state index contributed by atoms with van der Waals surface area (Å²) in [6.07, 6.45) is 5.01. The highest BCUT2D eigenvalue weighted by Crippen LogP contribution is 2.16. The van der Waals surface area contributed by atoms with Gasteiger partial charge in [0.2, 0.25) is 5.89 Å². The monoisotopic (exact) mass is 298 g/mol. The molecule has 0 aliphatic carbocycles. The number of anilines is 1. The molecule has 22 heavy (non-hydrogen) atoms. The van der Waals surface area contributed by atoms with Crippen molar-refractivity contribution in [2.75, 3.05) is 5.32 Å². The van der Waals surface area contributed by atoms with Crippen LogP contribution in [0.4, 0.5) is 6.01 Å². The van der Waals surface area contributed by atoms with Crippen molar-refractivity contribution >= 4 is 6.01 Å². The van der Waals surface area contributed by atoms with Crippen LogP contribution in [0.2, 0.25) is 0 Å². The number of benzene rings is 1. The zero-order valence-corrected chi connectivity index (χ0v) is 12.7. The summed E-state index contributed by atoms with van der Waals surface area (Å²) >= 11 is 0. The van der Waals surface area contributed by atoms with Crippen LogP contribution in [0.25, 0.3) is 5.69 Å². The molecule has 3 rings (SSSR count). The molecule has 0 radical (unpaired) electrons. The van der Waals surface area contributed by atoms with Crippen LogP contribution in [0, 0.1) is 6.92 Å². The van der Waals surface area contributed by atoms with Crippen LogP contribution in [0.1, 0.15) is 30.4 Å². The smallest absolute Gasteiger partial charge is 0.315 e. The van der Waals surface area contributed by atoms with Crippen molar-refractivity contribution in [3.8, 4) is 5.69 Å². The van der Waals surface area contributed by atoms with Crippen molar-refractivity contribution in [2.24, 2.45) is 0 Å². The van der Waals surface area contributed by atoms with E-state index in [1.54, 1.807) is 11.0 Å². The van der Waals surface area contributed by atoms with Crippen molar-refractivity contribution in [3.63, 3.8) is 0 Å². The first-order valence-corrected chi connectivity index (χ1v) is 7.27. The van der Waals surface area contributed by atoms with Crippen LogP contribution in [0.5, 0.6) is 0 Å². The molecular formula is C15H18N6O. The Hall–Kier alpha value is -2.70. The van der Waals surface area contributed by atoms with E-state index < -0.39 is 0 Å². The van der Waals surface area contributed by atoms with Gasteiger partial charge in [0.15, 0.2) is 0 Å². The molecule has 0 bridgehead atoms. The highest BCUT2D eigenvalue weighted by Gasteiger charge is 2.06. The van der Waals surface area contributed by atoms with Crippen molar-refractivity contribution < 1.29 is 4.42 Å². The fourth-order valence-corrected chi connectivity index (χ4v) is 2.23. The first kappa shape index (κ1) is 14.2. The predicted octanol–water partition coefficient (Wildman–Crippen LogP) is 2.52. The van der Waals surface area contributed by atoms with E-state index in [1.807, 2.05) is 19.1 Å². The number of rotatable bonds is 6. The molecule has 1 aromatic carbocycles. The van der Waals surface area contributed by atoms with Crippen LogP contribution in [-0.4, -0.2) is 25.0 Å². The third-order valence-corrected chi connectivity index (χ3v) is 3.30. The number of aromatic nitrogens is 5. The second-order valence-corrected chi connectivity index (χ2v) is 5.07. The van der Waals surface area contributed by atoms with Crippen molar-refractivity contribution in [2.45, 2.75) is 33.2 Å². The minimum absolute atomic E-state index is 0.460. The average molecular weight is 298 g/mol. The average Bonchev–Trinajstić information content (AvgIpc) is 3.17. The fraction of sp³-hybridized carbons (Fsp3) is 0.333. The zero-order chi connectivity index (χ0) is 15.4. The molecule has 7 heteroatoms. The molecule has 0 saturated heterocycles. The Morgan fingerprint density at radius 2 is 2.18 bits per heavy atom. The second kappa shape index (κ2) is 6.38. The Balaban J connectivity index is 1.66. The van der Waals surface area contributed by atoms with Gasteiger partial charge in [0.1, 0.15) is 12.7 Å². The maximum Gasteiger partial charge on any atom is 0.315 e. The number of nitrogens with zero attached hydrogens (tertiary/aromatic N) is 5. The van der Waals surface area contributed by atoms with Crippen molar-refractivity contribution in [1.29, 1.82) is 0 Å². The maximum atomic E-state index is 5.50. The van der Waals surface area contributed by atoms with Crippen LogP contribution < -0.4 is 5.32 Å². The van der Waals surface area contributed by atoms with Crippen LogP contribution >= 0.6 is 0 Å². The van der Waals surface area contributed by atoms with Gasteiger partial charge in [-0.3, -0.25) is 0 Å². The first-order chi connectivity index (χ1) is 10.8. The van der Waals surface area contributed by atoms with Gasteiger partial charge in [0.25, 0.3) is 0 Å². The highest BCUT2D eigenvalue weighted by atomic mass is 16.4. The molecule has 2 heterocycles. The lowest BCUT2D eigenvalue weighted by atomic mass is 10.1. The van der Waals surface area contributed by atoms with E-state index in [4.69, 9.17) is 4.42 Å². The van der Waals surface area contributed by atoms with Crippen LogP contribution in [0.3, 0.4) is 0 Å². The lowest BCUT2D eigenvalue weighted by molar-refractivity contribution is 0.501. The topological polar surface area (TPSA) is 81.7 Å². The van der Waals surface area contributed by atoms with Gasteiger partial charge in [-0.15, -0.1) is 5.10 Å².